The van der Waals surface area contributed by atoms with Crippen LogP contribution >= 0.6 is 0 Å². The van der Waals surface area contributed by atoms with Gasteiger partial charge in [0.15, 0.2) is 0 Å². The van der Waals surface area contributed by atoms with Gasteiger partial charge in [-0.2, -0.15) is 0 Å². The van der Waals surface area contributed by atoms with Crippen LogP contribution in [-0.4, -0.2) is 23.1 Å². The summed E-state index contributed by atoms with van der Waals surface area (Å²) in [6.45, 7) is 17.0. The van der Waals surface area contributed by atoms with E-state index in [1.807, 2.05) is 13.0 Å². The maximum absolute atomic E-state index is 13.5. The van der Waals surface area contributed by atoms with Crippen molar-refractivity contribution in [2.75, 3.05) is 18.4 Å². The quantitative estimate of drug-likeness (QED) is 0.491. The number of allylic oxidation sites excluding steroid dienone is 1. The van der Waals surface area contributed by atoms with E-state index in [0.717, 1.165) is 60.3 Å². The van der Waals surface area contributed by atoms with Gasteiger partial charge in [0.2, 0.25) is 0 Å². The largest absolute Gasteiger partial charge is 0.354 e. The van der Waals surface area contributed by atoms with Gasteiger partial charge in [-0.25, -0.2) is 4.39 Å². The first kappa shape index (κ1) is 22.2. The van der Waals surface area contributed by atoms with Gasteiger partial charge in [0, 0.05) is 40.2 Å². The zero-order valence-electron chi connectivity index (χ0n) is 19.5. The SMILES string of the molecule is C=C(Nc1cncc(F)c1)c1cnc(C)c(C(=C)c2ccc3c(c2)C2(CCNCC2)CC3=C)c1. The molecule has 0 amide bonds. The molecule has 0 atom stereocenters. The number of anilines is 1. The first-order chi connectivity index (χ1) is 16.4. The van der Waals surface area contributed by atoms with Crippen LogP contribution in [0.3, 0.4) is 0 Å². The second kappa shape index (κ2) is 8.65. The molecule has 1 aromatic carbocycles. The summed E-state index contributed by atoms with van der Waals surface area (Å²) in [4.78, 5) is 8.48. The Morgan fingerprint density at radius 2 is 1.85 bits per heavy atom. The molecule has 34 heavy (non-hydrogen) atoms. The Bertz CT molecular complexity index is 1320. The van der Waals surface area contributed by atoms with E-state index >= 15 is 0 Å². The smallest absolute Gasteiger partial charge is 0.143 e. The lowest BCUT2D eigenvalue weighted by atomic mass is 9.73. The van der Waals surface area contributed by atoms with Gasteiger partial charge in [0.05, 0.1) is 18.1 Å². The number of aryl methyl sites for hydroxylation is 1. The van der Waals surface area contributed by atoms with Crippen LogP contribution in [0.15, 0.2) is 68.7 Å². The van der Waals surface area contributed by atoms with Crippen molar-refractivity contribution in [2.45, 2.75) is 31.6 Å². The fourth-order valence-corrected chi connectivity index (χ4v) is 5.32. The second-order valence-corrected chi connectivity index (χ2v) is 9.40. The van der Waals surface area contributed by atoms with E-state index < -0.39 is 5.82 Å². The molecule has 4 nitrogen and oxygen atoms in total. The van der Waals surface area contributed by atoms with Gasteiger partial charge in [0.1, 0.15) is 5.82 Å². The van der Waals surface area contributed by atoms with E-state index in [1.165, 1.54) is 29.0 Å². The van der Waals surface area contributed by atoms with E-state index in [9.17, 15) is 4.39 Å². The normalized spacial score (nSPS) is 16.4. The average Bonchev–Trinajstić information content (AvgIpc) is 3.09. The summed E-state index contributed by atoms with van der Waals surface area (Å²) in [6.07, 6.45) is 7.80. The molecule has 1 fully saturated rings. The Morgan fingerprint density at radius 3 is 2.62 bits per heavy atom. The van der Waals surface area contributed by atoms with Crippen molar-refractivity contribution >= 4 is 22.5 Å². The number of aromatic nitrogens is 2. The van der Waals surface area contributed by atoms with Crippen LogP contribution in [0, 0.1) is 12.7 Å². The van der Waals surface area contributed by atoms with Crippen LogP contribution in [0.5, 0.6) is 0 Å². The molecule has 0 saturated carbocycles. The molecule has 2 aromatic heterocycles. The van der Waals surface area contributed by atoms with E-state index in [-0.39, 0.29) is 5.41 Å². The molecular formula is C29H29FN4. The summed E-state index contributed by atoms with van der Waals surface area (Å²) in [6, 6.07) is 10.1. The predicted molar refractivity (Wildman–Crippen MR) is 138 cm³/mol. The molecule has 0 bridgehead atoms. The zero-order chi connectivity index (χ0) is 23.9. The van der Waals surface area contributed by atoms with Crippen LogP contribution in [0.4, 0.5) is 10.1 Å². The Kier molecular flexibility index (Phi) is 5.66. The third kappa shape index (κ3) is 3.97. The Labute approximate surface area is 200 Å². The number of rotatable bonds is 5. The summed E-state index contributed by atoms with van der Waals surface area (Å²) in [5.74, 6) is -0.403. The molecule has 5 rings (SSSR count). The van der Waals surface area contributed by atoms with Crippen molar-refractivity contribution < 1.29 is 4.39 Å². The highest BCUT2D eigenvalue weighted by Crippen LogP contribution is 2.50. The first-order valence-corrected chi connectivity index (χ1v) is 11.6. The molecule has 0 radical (unpaired) electrons. The fourth-order valence-electron chi connectivity index (χ4n) is 5.32. The van der Waals surface area contributed by atoms with Gasteiger partial charge in [0.25, 0.3) is 0 Å². The molecular weight excluding hydrogens is 423 g/mol. The number of hydrogen-bond acceptors (Lipinski definition) is 4. The minimum Gasteiger partial charge on any atom is -0.354 e. The number of nitrogens with zero attached hydrogens (tertiary/aromatic N) is 2. The molecule has 2 aliphatic rings. The molecule has 1 aliphatic heterocycles. The highest BCUT2D eigenvalue weighted by Gasteiger charge is 2.41. The van der Waals surface area contributed by atoms with Crippen LogP contribution < -0.4 is 10.6 Å². The number of hydrogen-bond donors (Lipinski definition) is 2. The molecule has 5 heteroatoms. The summed E-state index contributed by atoms with van der Waals surface area (Å²) in [7, 11) is 0. The molecule has 1 aliphatic carbocycles. The van der Waals surface area contributed by atoms with E-state index in [0.29, 0.717) is 11.4 Å². The van der Waals surface area contributed by atoms with Crippen LogP contribution in [-0.2, 0) is 5.41 Å². The summed E-state index contributed by atoms with van der Waals surface area (Å²) in [5.41, 5.74) is 9.98. The Morgan fingerprint density at radius 1 is 1.06 bits per heavy atom. The molecule has 0 unspecified atom stereocenters. The highest BCUT2D eigenvalue weighted by atomic mass is 19.1. The van der Waals surface area contributed by atoms with Crippen molar-refractivity contribution in [2.24, 2.45) is 0 Å². The van der Waals surface area contributed by atoms with Crippen LogP contribution in [0.2, 0.25) is 0 Å². The number of benzene rings is 1. The topological polar surface area (TPSA) is 49.8 Å². The second-order valence-electron chi connectivity index (χ2n) is 9.40. The highest BCUT2D eigenvalue weighted by molar-refractivity contribution is 5.85. The van der Waals surface area contributed by atoms with Crippen molar-refractivity contribution in [1.82, 2.24) is 15.3 Å². The monoisotopic (exact) mass is 452 g/mol. The van der Waals surface area contributed by atoms with Crippen LogP contribution in [0.1, 0.15) is 52.8 Å². The van der Waals surface area contributed by atoms with Gasteiger partial charge in [-0.1, -0.05) is 31.9 Å². The third-order valence-corrected chi connectivity index (χ3v) is 7.19. The molecule has 1 spiro atoms. The molecule has 3 heterocycles. The van der Waals surface area contributed by atoms with Gasteiger partial charge in [-0.3, -0.25) is 9.97 Å². The lowest BCUT2D eigenvalue weighted by molar-refractivity contribution is 0.322. The number of piperidine rings is 1. The maximum atomic E-state index is 13.5. The van der Waals surface area contributed by atoms with Crippen molar-refractivity contribution in [3.8, 4) is 0 Å². The number of pyridine rings is 2. The average molecular weight is 453 g/mol. The first-order valence-electron chi connectivity index (χ1n) is 11.6. The standard InChI is InChI=1S/C29H29FN4/c1-18-14-29(7-9-31-10-8-29)28-12-22(5-6-26(18)28)19(2)27-11-23(15-33-21(27)4)20(3)34-25-13-24(30)16-32-17-25/h5-6,11-13,15-17,31,34H,1-3,7-10,14H2,4H3. The van der Waals surface area contributed by atoms with E-state index in [2.05, 4.69) is 58.5 Å². The minimum absolute atomic E-state index is 0.181. The van der Waals surface area contributed by atoms with Gasteiger partial charge < -0.3 is 10.6 Å². The van der Waals surface area contributed by atoms with Gasteiger partial charge >= 0.3 is 0 Å². The van der Waals surface area contributed by atoms with Crippen molar-refractivity contribution in [1.29, 1.82) is 0 Å². The van der Waals surface area contributed by atoms with Gasteiger partial charge in [-0.15, -0.1) is 0 Å². The number of fused-ring (bicyclic) bond motifs is 2. The third-order valence-electron chi connectivity index (χ3n) is 7.19. The van der Waals surface area contributed by atoms with Crippen molar-refractivity contribution in [3.05, 3.63) is 108 Å². The van der Waals surface area contributed by atoms with E-state index in [1.54, 1.807) is 12.4 Å². The molecule has 2 N–H and O–H groups in total. The minimum atomic E-state index is -0.403. The summed E-state index contributed by atoms with van der Waals surface area (Å²) >= 11 is 0. The van der Waals surface area contributed by atoms with Crippen LogP contribution in [0.25, 0.3) is 16.8 Å². The fraction of sp³-hybridized carbons (Fsp3) is 0.241. The lowest BCUT2D eigenvalue weighted by Crippen LogP contribution is -2.38. The predicted octanol–water partition coefficient (Wildman–Crippen LogP) is 6.11. The number of nitrogens with one attached hydrogen (secondary N) is 2. The van der Waals surface area contributed by atoms with E-state index in [4.69, 9.17) is 0 Å². The van der Waals surface area contributed by atoms with Crippen molar-refractivity contribution in [3.63, 3.8) is 0 Å². The Hall–Kier alpha value is -3.57. The zero-order valence-corrected chi connectivity index (χ0v) is 19.5. The summed E-state index contributed by atoms with van der Waals surface area (Å²) in [5, 5.41) is 6.61. The lowest BCUT2D eigenvalue weighted by Gasteiger charge is -2.35. The molecule has 172 valence electrons. The number of halogens is 1. The summed E-state index contributed by atoms with van der Waals surface area (Å²) < 4.78 is 13.5. The molecule has 3 aromatic rings. The maximum Gasteiger partial charge on any atom is 0.143 e. The Balaban J connectivity index is 1.46. The molecule has 1 saturated heterocycles. The van der Waals surface area contributed by atoms with Gasteiger partial charge in [-0.05, 0) is 79.2 Å².